The molecule has 1 amide bonds. The lowest BCUT2D eigenvalue weighted by Crippen LogP contribution is -2.29. The number of benzene rings is 5. The normalized spacial score (nSPS) is 16.6. The van der Waals surface area contributed by atoms with Crippen LogP contribution in [0.3, 0.4) is 0 Å². The zero-order chi connectivity index (χ0) is 24.9. The van der Waals surface area contributed by atoms with Crippen molar-refractivity contribution in [3.63, 3.8) is 0 Å². The average Bonchev–Trinajstić information content (AvgIpc) is 2.88. The number of carbonyl (C=O) groups excluding carboxylic acids is 1. The van der Waals surface area contributed by atoms with Gasteiger partial charge in [-0.15, -0.1) is 0 Å². The van der Waals surface area contributed by atoms with Gasteiger partial charge in [-0.2, -0.15) is 0 Å². The highest BCUT2D eigenvalue weighted by Crippen LogP contribution is 2.48. The second kappa shape index (κ2) is 8.60. The quantitative estimate of drug-likeness (QED) is 0.262. The summed E-state index contributed by atoms with van der Waals surface area (Å²) < 4.78 is 13.3. The van der Waals surface area contributed by atoms with Crippen LogP contribution in [0.1, 0.15) is 53.2 Å². The number of rotatable bonds is 3. The predicted octanol–water partition coefficient (Wildman–Crippen LogP) is 8.39. The van der Waals surface area contributed by atoms with Gasteiger partial charge in [0.2, 0.25) is 0 Å². The third-order valence-corrected chi connectivity index (χ3v) is 7.67. The molecule has 0 saturated carbocycles. The van der Waals surface area contributed by atoms with Crippen LogP contribution in [0.5, 0.6) is 0 Å². The molecule has 6 rings (SSSR count). The van der Waals surface area contributed by atoms with Gasteiger partial charge in [0.05, 0.1) is 0 Å². The van der Waals surface area contributed by atoms with E-state index in [2.05, 4.69) is 73.8 Å². The fraction of sp³-hybridized carbons (Fsp3) is 0.182. The predicted molar refractivity (Wildman–Crippen MR) is 146 cm³/mol. The number of para-hydroxylation sites is 1. The van der Waals surface area contributed by atoms with Crippen LogP contribution < -0.4 is 5.32 Å². The Morgan fingerprint density at radius 2 is 1.53 bits per heavy atom. The topological polar surface area (TPSA) is 29.1 Å². The molecule has 1 atom stereocenters. The first-order valence-electron chi connectivity index (χ1n) is 12.5. The first kappa shape index (κ1) is 22.5. The van der Waals surface area contributed by atoms with E-state index in [0.717, 1.165) is 24.1 Å². The van der Waals surface area contributed by atoms with E-state index in [-0.39, 0.29) is 23.1 Å². The molecule has 0 fully saturated rings. The molecule has 1 aliphatic carbocycles. The van der Waals surface area contributed by atoms with Crippen molar-refractivity contribution >= 4 is 33.1 Å². The number of halogens is 1. The molecule has 1 N–H and O–H groups in total. The highest BCUT2D eigenvalue weighted by molar-refractivity contribution is 6.09. The van der Waals surface area contributed by atoms with Crippen molar-refractivity contribution in [3.8, 4) is 0 Å². The molecule has 36 heavy (non-hydrogen) atoms. The van der Waals surface area contributed by atoms with Gasteiger partial charge in [0.25, 0.3) is 5.91 Å². The standard InChI is InChI=1S/C33H28FNO/c1-33(2)20-24(27-9-5-6-10-30(27)35-32(36)22-11-15-25(34)16-12-22)19-23-14-17-28-26-8-4-3-7-21(26)13-18-29(28)31(23)33/h3-18,24H,19-20H2,1-2H3,(H,35,36). The summed E-state index contributed by atoms with van der Waals surface area (Å²) in [6.07, 6.45) is 1.90. The number of amides is 1. The lowest BCUT2D eigenvalue weighted by atomic mass is 9.65. The largest absolute Gasteiger partial charge is 0.322 e. The summed E-state index contributed by atoms with van der Waals surface area (Å²) in [6, 6.07) is 31.4. The van der Waals surface area contributed by atoms with Crippen LogP contribution in [-0.4, -0.2) is 5.91 Å². The molecule has 0 aliphatic heterocycles. The van der Waals surface area contributed by atoms with Crippen LogP contribution in [0.15, 0.2) is 97.1 Å². The van der Waals surface area contributed by atoms with Crippen molar-refractivity contribution in [1.82, 2.24) is 0 Å². The number of nitrogens with one attached hydrogen (secondary N) is 1. The van der Waals surface area contributed by atoms with Crippen LogP contribution in [0.25, 0.3) is 21.5 Å². The van der Waals surface area contributed by atoms with Gasteiger partial charge in [-0.05, 0) is 92.7 Å². The van der Waals surface area contributed by atoms with Crippen LogP contribution in [0.2, 0.25) is 0 Å². The van der Waals surface area contributed by atoms with E-state index in [4.69, 9.17) is 0 Å². The maximum atomic E-state index is 13.3. The Morgan fingerprint density at radius 1 is 0.806 bits per heavy atom. The molecular weight excluding hydrogens is 445 g/mol. The van der Waals surface area contributed by atoms with Gasteiger partial charge < -0.3 is 5.32 Å². The summed E-state index contributed by atoms with van der Waals surface area (Å²) in [5.41, 5.74) is 5.19. The second-order valence-electron chi connectivity index (χ2n) is 10.5. The van der Waals surface area contributed by atoms with Crippen molar-refractivity contribution in [2.75, 3.05) is 5.32 Å². The lowest BCUT2D eigenvalue weighted by molar-refractivity contribution is 0.102. The van der Waals surface area contributed by atoms with E-state index in [1.54, 1.807) is 0 Å². The zero-order valence-corrected chi connectivity index (χ0v) is 20.5. The van der Waals surface area contributed by atoms with Gasteiger partial charge in [0.15, 0.2) is 0 Å². The van der Waals surface area contributed by atoms with Crippen molar-refractivity contribution in [3.05, 3.63) is 125 Å². The minimum absolute atomic E-state index is 0.0334. The minimum Gasteiger partial charge on any atom is -0.322 e. The Balaban J connectivity index is 1.38. The van der Waals surface area contributed by atoms with Gasteiger partial charge in [-0.3, -0.25) is 4.79 Å². The molecule has 3 heteroatoms. The van der Waals surface area contributed by atoms with Crippen LogP contribution in [0, 0.1) is 5.82 Å². The van der Waals surface area contributed by atoms with E-state index < -0.39 is 0 Å². The Morgan fingerprint density at radius 3 is 2.36 bits per heavy atom. The Hall–Kier alpha value is -3.98. The van der Waals surface area contributed by atoms with Gasteiger partial charge in [0, 0.05) is 11.3 Å². The van der Waals surface area contributed by atoms with Crippen LogP contribution in [-0.2, 0) is 11.8 Å². The molecule has 178 valence electrons. The smallest absolute Gasteiger partial charge is 0.255 e. The van der Waals surface area contributed by atoms with Crippen molar-refractivity contribution in [2.45, 2.75) is 38.0 Å². The number of hydrogen-bond acceptors (Lipinski definition) is 1. The van der Waals surface area contributed by atoms with Crippen molar-refractivity contribution in [2.24, 2.45) is 0 Å². The molecule has 5 aromatic rings. The number of hydrogen-bond donors (Lipinski definition) is 1. The molecule has 2 nitrogen and oxygen atoms in total. The molecule has 0 radical (unpaired) electrons. The van der Waals surface area contributed by atoms with E-state index in [9.17, 15) is 9.18 Å². The van der Waals surface area contributed by atoms with Crippen LogP contribution in [0.4, 0.5) is 10.1 Å². The van der Waals surface area contributed by atoms with Gasteiger partial charge in [-0.1, -0.05) is 80.6 Å². The lowest BCUT2D eigenvalue weighted by Gasteiger charge is -2.39. The first-order chi connectivity index (χ1) is 17.4. The van der Waals surface area contributed by atoms with E-state index in [0.29, 0.717) is 5.56 Å². The van der Waals surface area contributed by atoms with Gasteiger partial charge in [0.1, 0.15) is 5.82 Å². The molecule has 0 aromatic heterocycles. The summed E-state index contributed by atoms with van der Waals surface area (Å²) in [4.78, 5) is 12.9. The summed E-state index contributed by atoms with van der Waals surface area (Å²) in [7, 11) is 0. The molecule has 5 aromatic carbocycles. The Labute approximate surface area is 210 Å². The second-order valence-corrected chi connectivity index (χ2v) is 10.5. The first-order valence-corrected chi connectivity index (χ1v) is 12.5. The van der Waals surface area contributed by atoms with E-state index >= 15 is 0 Å². The van der Waals surface area contributed by atoms with Crippen molar-refractivity contribution < 1.29 is 9.18 Å². The average molecular weight is 474 g/mol. The SMILES string of the molecule is CC1(C)CC(c2ccccc2NC(=O)c2ccc(F)cc2)Cc2ccc3c(ccc4ccccc43)c21. The molecule has 0 spiro atoms. The number of anilines is 1. The van der Waals surface area contributed by atoms with Gasteiger partial charge >= 0.3 is 0 Å². The summed E-state index contributed by atoms with van der Waals surface area (Å²) in [5.74, 6) is -0.304. The highest BCUT2D eigenvalue weighted by Gasteiger charge is 2.36. The number of carbonyl (C=O) groups is 1. The minimum atomic E-state index is -0.351. The van der Waals surface area contributed by atoms with Crippen LogP contribution >= 0.6 is 0 Å². The maximum absolute atomic E-state index is 13.3. The number of fused-ring (bicyclic) bond motifs is 5. The third kappa shape index (κ3) is 3.85. The zero-order valence-electron chi connectivity index (χ0n) is 20.5. The fourth-order valence-corrected chi connectivity index (χ4v) is 6.14. The fourth-order valence-electron chi connectivity index (χ4n) is 6.14. The Kier molecular flexibility index (Phi) is 5.37. The molecule has 1 aliphatic rings. The summed E-state index contributed by atoms with van der Waals surface area (Å²) in [5, 5.41) is 8.30. The highest BCUT2D eigenvalue weighted by atomic mass is 19.1. The maximum Gasteiger partial charge on any atom is 0.255 e. The molecule has 1 unspecified atom stereocenters. The van der Waals surface area contributed by atoms with E-state index in [1.807, 2.05) is 18.2 Å². The molecular formula is C33H28FNO. The summed E-state index contributed by atoms with van der Waals surface area (Å²) >= 11 is 0. The van der Waals surface area contributed by atoms with E-state index in [1.165, 1.54) is 56.9 Å². The summed E-state index contributed by atoms with van der Waals surface area (Å²) in [6.45, 7) is 4.68. The third-order valence-electron chi connectivity index (χ3n) is 7.67. The van der Waals surface area contributed by atoms with Gasteiger partial charge in [-0.25, -0.2) is 4.39 Å². The Bertz CT molecular complexity index is 1620. The molecule has 0 bridgehead atoms. The molecule has 0 heterocycles. The monoisotopic (exact) mass is 473 g/mol. The molecule has 0 saturated heterocycles. The van der Waals surface area contributed by atoms with Crippen molar-refractivity contribution in [1.29, 1.82) is 0 Å².